The van der Waals surface area contributed by atoms with Crippen LogP contribution in [-0.2, 0) is 14.3 Å². The minimum absolute atomic E-state index is 0.105. The molecule has 0 saturated carbocycles. The molecule has 3 aliphatic rings. The van der Waals surface area contributed by atoms with Crippen LogP contribution < -0.4 is 10.6 Å². The first-order valence-electron chi connectivity index (χ1n) is 11.5. The van der Waals surface area contributed by atoms with E-state index in [-0.39, 0.29) is 37.1 Å². The number of rotatable bonds is 8. The first-order chi connectivity index (χ1) is 16.8. The number of carbonyl (C=O) groups is 2. The van der Waals surface area contributed by atoms with Crippen LogP contribution >= 0.6 is 35.0 Å². The molecule has 10 nitrogen and oxygen atoms in total. The Bertz CT molecular complexity index is 1120. The van der Waals surface area contributed by atoms with Crippen molar-refractivity contribution >= 4 is 58.0 Å². The molecule has 0 spiro atoms. The van der Waals surface area contributed by atoms with Crippen molar-refractivity contribution in [2.45, 2.75) is 67.6 Å². The van der Waals surface area contributed by atoms with Gasteiger partial charge in [-0.25, -0.2) is 9.78 Å². The minimum Gasteiger partial charge on any atom is -0.463 e. The maximum absolute atomic E-state index is 12.2. The molecule has 7 atom stereocenters. The highest BCUT2D eigenvalue weighted by atomic mass is 35.5. The molecule has 5 rings (SSSR count). The molecule has 35 heavy (non-hydrogen) atoms. The molecule has 190 valence electrons. The second-order valence-corrected chi connectivity index (χ2v) is 11.1. The summed E-state index contributed by atoms with van der Waals surface area (Å²) in [4.78, 5) is 27.9. The molecular weight excluding hydrogens is 519 g/mol. The molecule has 1 aromatic heterocycles. The van der Waals surface area contributed by atoms with E-state index < -0.39 is 24.5 Å². The number of aliphatic hydroxyl groups is 2. The summed E-state index contributed by atoms with van der Waals surface area (Å²) in [6.07, 6.45) is -0.153. The highest BCUT2D eigenvalue weighted by Crippen LogP contribution is 2.35. The first kappa shape index (κ1) is 24.9. The minimum atomic E-state index is -1.25. The fraction of sp³-hybridized carbons (Fsp3) is 0.591. The van der Waals surface area contributed by atoms with Crippen LogP contribution in [0, 0.1) is 0 Å². The van der Waals surface area contributed by atoms with E-state index in [0.717, 1.165) is 18.6 Å². The number of fused-ring (bicyclic) bond motifs is 2. The summed E-state index contributed by atoms with van der Waals surface area (Å²) < 4.78 is 12.7. The predicted octanol–water partition coefficient (Wildman–Crippen LogP) is 2.23. The molecule has 2 aromatic rings. The van der Waals surface area contributed by atoms with E-state index in [1.165, 1.54) is 6.33 Å². The highest BCUT2D eigenvalue weighted by Gasteiger charge is 2.45. The van der Waals surface area contributed by atoms with Gasteiger partial charge in [-0.2, -0.15) is 11.8 Å². The molecule has 2 amide bonds. The molecule has 4 N–H and O–H groups in total. The number of urea groups is 1. The number of ether oxygens (including phenoxy) is 2. The summed E-state index contributed by atoms with van der Waals surface area (Å²) in [7, 11) is 0. The van der Waals surface area contributed by atoms with E-state index in [2.05, 4.69) is 15.6 Å². The van der Waals surface area contributed by atoms with Gasteiger partial charge < -0.3 is 34.9 Å². The summed E-state index contributed by atoms with van der Waals surface area (Å²) in [5.74, 6) is 0.517. The number of aromatic nitrogens is 2. The zero-order chi connectivity index (χ0) is 24.7. The number of nitrogens with zero attached hydrogens (tertiary/aromatic N) is 2. The number of unbranched alkanes of at least 4 members (excludes halogenated alkanes) is 1. The van der Waals surface area contributed by atoms with Crippen LogP contribution in [0.25, 0.3) is 11.0 Å². The van der Waals surface area contributed by atoms with Crippen LogP contribution in [0.15, 0.2) is 18.5 Å². The number of nitrogens with one attached hydrogen (secondary N) is 2. The van der Waals surface area contributed by atoms with Gasteiger partial charge in [0.1, 0.15) is 24.9 Å². The van der Waals surface area contributed by atoms with Gasteiger partial charge in [0.2, 0.25) is 0 Å². The van der Waals surface area contributed by atoms with Gasteiger partial charge in [0.15, 0.2) is 6.23 Å². The number of amides is 2. The van der Waals surface area contributed by atoms with Gasteiger partial charge in [0, 0.05) is 17.4 Å². The second kappa shape index (κ2) is 10.3. The van der Waals surface area contributed by atoms with E-state index in [9.17, 15) is 19.8 Å². The molecule has 13 heteroatoms. The molecule has 0 radical (unpaired) electrons. The van der Waals surface area contributed by atoms with Crippen LogP contribution in [0.5, 0.6) is 0 Å². The monoisotopic (exact) mass is 544 g/mol. The van der Waals surface area contributed by atoms with E-state index in [0.29, 0.717) is 32.7 Å². The van der Waals surface area contributed by atoms with Gasteiger partial charge in [-0.05, 0) is 25.0 Å². The van der Waals surface area contributed by atoms with Gasteiger partial charge >= 0.3 is 12.0 Å². The molecule has 1 aromatic carbocycles. The third-order valence-electron chi connectivity index (χ3n) is 6.69. The first-order valence-corrected chi connectivity index (χ1v) is 13.3. The Labute approximate surface area is 215 Å². The molecule has 3 saturated heterocycles. The van der Waals surface area contributed by atoms with Gasteiger partial charge in [-0.1, -0.05) is 29.6 Å². The van der Waals surface area contributed by atoms with Crippen LogP contribution in [0.2, 0.25) is 10.0 Å². The topological polar surface area (TPSA) is 135 Å². The van der Waals surface area contributed by atoms with Crippen molar-refractivity contribution < 1.29 is 29.3 Å². The molecule has 3 fully saturated rings. The van der Waals surface area contributed by atoms with E-state index in [1.807, 2.05) is 11.8 Å². The average Bonchev–Trinajstić information content (AvgIpc) is 3.56. The third kappa shape index (κ3) is 5.07. The van der Waals surface area contributed by atoms with E-state index >= 15 is 0 Å². The zero-order valence-corrected chi connectivity index (χ0v) is 20.9. The summed E-state index contributed by atoms with van der Waals surface area (Å²) in [6, 6.07) is 3.46. The van der Waals surface area contributed by atoms with Crippen LogP contribution in [0.3, 0.4) is 0 Å². The Morgan fingerprint density at radius 1 is 1.23 bits per heavy atom. The lowest BCUT2D eigenvalue weighted by Crippen LogP contribution is -2.36. The summed E-state index contributed by atoms with van der Waals surface area (Å²) >= 11 is 14.0. The smallest absolute Gasteiger partial charge is 0.315 e. The number of thioether (sulfide) groups is 1. The van der Waals surface area contributed by atoms with Crippen molar-refractivity contribution in [2.24, 2.45) is 0 Å². The Morgan fingerprint density at radius 2 is 2.03 bits per heavy atom. The van der Waals surface area contributed by atoms with Gasteiger partial charge in [-0.15, -0.1) is 0 Å². The maximum atomic E-state index is 12.2. The third-order valence-corrected chi connectivity index (χ3v) is 8.93. The molecule has 0 bridgehead atoms. The second-order valence-electron chi connectivity index (χ2n) is 9.00. The fourth-order valence-corrected chi connectivity index (χ4v) is 6.69. The number of hydrogen-bond donors (Lipinski definition) is 4. The van der Waals surface area contributed by atoms with Crippen molar-refractivity contribution in [3.63, 3.8) is 0 Å². The quantitative estimate of drug-likeness (QED) is 0.226. The number of halogens is 2. The van der Waals surface area contributed by atoms with Crippen molar-refractivity contribution in [1.29, 1.82) is 0 Å². The number of aliphatic hydroxyl groups excluding tert-OH is 2. The van der Waals surface area contributed by atoms with Crippen LogP contribution in [0.1, 0.15) is 31.9 Å². The molecule has 4 unspecified atom stereocenters. The number of benzene rings is 1. The predicted molar refractivity (Wildman–Crippen MR) is 131 cm³/mol. The lowest BCUT2D eigenvalue weighted by Gasteiger charge is -2.17. The number of hydrogen-bond acceptors (Lipinski definition) is 8. The van der Waals surface area contributed by atoms with Crippen molar-refractivity contribution in [1.82, 2.24) is 20.2 Å². The fourth-order valence-electron chi connectivity index (χ4n) is 4.83. The van der Waals surface area contributed by atoms with Crippen LogP contribution in [0.4, 0.5) is 4.79 Å². The molecule has 4 heterocycles. The lowest BCUT2D eigenvalue weighted by molar-refractivity contribution is -0.150. The molecule has 3 aliphatic heterocycles. The van der Waals surface area contributed by atoms with Crippen LogP contribution in [-0.4, -0.2) is 79.8 Å². The number of esters is 1. The molecular formula is C22H26Cl2N4O6S. The van der Waals surface area contributed by atoms with Crippen molar-refractivity contribution in [3.05, 3.63) is 28.5 Å². The van der Waals surface area contributed by atoms with Gasteiger partial charge in [0.25, 0.3) is 0 Å². The van der Waals surface area contributed by atoms with E-state index in [1.54, 1.807) is 16.7 Å². The summed E-state index contributed by atoms with van der Waals surface area (Å²) in [6.45, 7) is -0.174. The lowest BCUT2D eigenvalue weighted by atomic mass is 10.0. The summed E-state index contributed by atoms with van der Waals surface area (Å²) in [5.41, 5.74) is 1.16. The average molecular weight is 545 g/mol. The number of carbonyl (C=O) groups excluding carboxylic acids is 2. The highest BCUT2D eigenvalue weighted by molar-refractivity contribution is 8.00. The zero-order valence-electron chi connectivity index (χ0n) is 18.6. The SMILES string of the molecule is O=C1N[C@H]2[C@H](CS[C@H]2CCCCC(=O)OCC2OC(n3cnc4cc(Cl)c(Cl)cc43)C(O)C2O)N1. The van der Waals surface area contributed by atoms with Gasteiger partial charge in [0.05, 0.1) is 39.5 Å². The Balaban J connectivity index is 1.08. The summed E-state index contributed by atoms with van der Waals surface area (Å²) in [5, 5.41) is 27.9. The Morgan fingerprint density at radius 3 is 2.86 bits per heavy atom. The van der Waals surface area contributed by atoms with Crippen molar-refractivity contribution in [2.75, 3.05) is 12.4 Å². The van der Waals surface area contributed by atoms with Crippen molar-refractivity contribution in [3.8, 4) is 0 Å². The van der Waals surface area contributed by atoms with E-state index in [4.69, 9.17) is 32.7 Å². The largest absolute Gasteiger partial charge is 0.463 e. The normalized spacial score (nSPS) is 32.0. The Hall–Kier alpha value is -1.76. The maximum Gasteiger partial charge on any atom is 0.315 e. The number of imidazole rings is 1. The Kier molecular flexibility index (Phi) is 7.34. The standard InChI is InChI=1S/C22H26Cl2N4O6S/c23-10-5-12-14(6-11(10)24)28(9-25-12)21-20(31)19(30)15(34-21)7-33-17(29)4-2-1-3-16-18-13(8-35-16)26-22(32)27-18/h5-6,9,13,15-16,18-21,30-31H,1-4,7-8H2,(H2,26,27,32)/t13-,15?,16-,18-,19?,20?,21?/m0/s1. The molecule has 0 aliphatic carbocycles. The van der Waals surface area contributed by atoms with Gasteiger partial charge in [-0.3, -0.25) is 4.79 Å².